The molecule has 1 fully saturated rings. The molecule has 1 aliphatic carbocycles. The van der Waals surface area contributed by atoms with Crippen molar-refractivity contribution in [3.8, 4) is 0 Å². The zero-order valence-corrected chi connectivity index (χ0v) is 11.9. The van der Waals surface area contributed by atoms with Crippen molar-refractivity contribution in [2.24, 2.45) is 5.73 Å². The summed E-state index contributed by atoms with van der Waals surface area (Å²) in [4.78, 5) is 0. The first-order valence-electron chi connectivity index (χ1n) is 6.93. The van der Waals surface area contributed by atoms with E-state index in [1.165, 1.54) is 5.56 Å². The summed E-state index contributed by atoms with van der Waals surface area (Å²) >= 11 is 0. The Morgan fingerprint density at radius 3 is 2.53 bits per heavy atom. The number of alkyl halides is 2. The highest BCUT2D eigenvalue weighted by Crippen LogP contribution is 2.40. The van der Waals surface area contributed by atoms with E-state index < -0.39 is 12.0 Å². The van der Waals surface area contributed by atoms with Gasteiger partial charge in [-0.25, -0.2) is 8.78 Å². The molecule has 3 heteroatoms. The number of nitrogens with two attached hydrogens (primary N) is 1. The lowest BCUT2D eigenvalue weighted by atomic mass is 9.77. The molecule has 2 rings (SSSR count). The molecule has 0 amide bonds. The van der Waals surface area contributed by atoms with Gasteiger partial charge in [0.25, 0.3) is 0 Å². The summed E-state index contributed by atoms with van der Waals surface area (Å²) in [6, 6.07) is 7.80. The van der Waals surface area contributed by atoms with Crippen molar-refractivity contribution in [3.05, 3.63) is 35.4 Å². The van der Waals surface area contributed by atoms with E-state index in [9.17, 15) is 8.78 Å². The van der Waals surface area contributed by atoms with Crippen molar-refractivity contribution >= 4 is 0 Å². The summed E-state index contributed by atoms with van der Waals surface area (Å²) in [6.45, 7) is 6.46. The fourth-order valence-electron chi connectivity index (χ4n) is 2.82. The Morgan fingerprint density at radius 1 is 1.26 bits per heavy atom. The summed E-state index contributed by atoms with van der Waals surface area (Å²) < 4.78 is 26.7. The summed E-state index contributed by atoms with van der Waals surface area (Å²) in [7, 11) is 0. The van der Waals surface area contributed by atoms with Gasteiger partial charge in [-0.05, 0) is 28.9 Å². The fourth-order valence-corrected chi connectivity index (χ4v) is 2.82. The van der Waals surface area contributed by atoms with E-state index in [0.717, 1.165) is 5.56 Å². The largest absolute Gasteiger partial charge is 0.327 e. The van der Waals surface area contributed by atoms with Gasteiger partial charge in [-0.2, -0.15) is 0 Å². The van der Waals surface area contributed by atoms with Crippen LogP contribution >= 0.6 is 0 Å². The van der Waals surface area contributed by atoms with Crippen molar-refractivity contribution in [1.29, 1.82) is 0 Å². The Balaban J connectivity index is 2.23. The molecule has 2 unspecified atom stereocenters. The van der Waals surface area contributed by atoms with Crippen molar-refractivity contribution in [2.75, 3.05) is 0 Å². The van der Waals surface area contributed by atoms with Gasteiger partial charge in [-0.15, -0.1) is 0 Å². The fraction of sp³-hybridized carbons (Fsp3) is 0.625. The zero-order chi connectivity index (χ0) is 14.3. The van der Waals surface area contributed by atoms with Crippen LogP contribution in [-0.2, 0) is 5.41 Å². The van der Waals surface area contributed by atoms with Crippen LogP contribution in [0.4, 0.5) is 8.78 Å². The van der Waals surface area contributed by atoms with E-state index in [-0.39, 0.29) is 24.2 Å². The third-order valence-corrected chi connectivity index (χ3v) is 4.05. The van der Waals surface area contributed by atoms with Crippen LogP contribution in [0, 0.1) is 0 Å². The van der Waals surface area contributed by atoms with Crippen LogP contribution in [0.25, 0.3) is 0 Å². The molecule has 0 aromatic heterocycles. The number of benzene rings is 1. The molecule has 0 aliphatic heterocycles. The van der Waals surface area contributed by atoms with Gasteiger partial charge in [0.15, 0.2) is 0 Å². The Hall–Kier alpha value is -0.960. The molecule has 106 valence electrons. The van der Waals surface area contributed by atoms with E-state index in [0.29, 0.717) is 6.42 Å². The average molecular weight is 267 g/mol. The summed E-state index contributed by atoms with van der Waals surface area (Å²) in [5.41, 5.74) is 8.37. The van der Waals surface area contributed by atoms with Crippen LogP contribution in [0.2, 0.25) is 0 Å². The SMILES string of the molecule is CC(C)(C)c1cccc(C2CCC(F)(F)CC2N)c1. The van der Waals surface area contributed by atoms with Crippen LogP contribution in [0.5, 0.6) is 0 Å². The number of rotatable bonds is 1. The maximum Gasteiger partial charge on any atom is 0.249 e. The van der Waals surface area contributed by atoms with Gasteiger partial charge in [0, 0.05) is 18.9 Å². The predicted molar refractivity (Wildman–Crippen MR) is 74.7 cm³/mol. The molecule has 0 bridgehead atoms. The molecule has 0 spiro atoms. The van der Waals surface area contributed by atoms with Gasteiger partial charge in [0.2, 0.25) is 5.92 Å². The number of hydrogen-bond acceptors (Lipinski definition) is 1. The molecule has 1 nitrogen and oxygen atoms in total. The summed E-state index contributed by atoms with van der Waals surface area (Å²) in [6.07, 6.45) is 0.226. The first-order chi connectivity index (χ1) is 8.69. The van der Waals surface area contributed by atoms with Gasteiger partial charge in [0.05, 0.1) is 0 Å². The van der Waals surface area contributed by atoms with Crippen molar-refractivity contribution in [2.45, 2.75) is 63.3 Å². The van der Waals surface area contributed by atoms with E-state index in [1.54, 1.807) is 0 Å². The highest BCUT2D eigenvalue weighted by Gasteiger charge is 2.40. The van der Waals surface area contributed by atoms with Crippen LogP contribution in [0.3, 0.4) is 0 Å². The predicted octanol–water partition coefficient (Wildman–Crippen LogP) is 4.21. The minimum absolute atomic E-state index is 0.0505. The van der Waals surface area contributed by atoms with Crippen molar-refractivity contribution in [1.82, 2.24) is 0 Å². The van der Waals surface area contributed by atoms with E-state index in [4.69, 9.17) is 5.73 Å². The minimum atomic E-state index is -2.59. The Kier molecular flexibility index (Phi) is 3.69. The molecule has 2 atom stereocenters. The van der Waals surface area contributed by atoms with Gasteiger partial charge in [-0.1, -0.05) is 45.0 Å². The second-order valence-electron chi connectivity index (χ2n) is 6.74. The van der Waals surface area contributed by atoms with Crippen LogP contribution < -0.4 is 5.73 Å². The average Bonchev–Trinajstić information content (AvgIpc) is 2.26. The second kappa shape index (κ2) is 4.86. The summed E-state index contributed by atoms with van der Waals surface area (Å²) in [5.74, 6) is -2.53. The van der Waals surface area contributed by atoms with Gasteiger partial charge < -0.3 is 5.73 Å². The molecular weight excluding hydrogens is 244 g/mol. The van der Waals surface area contributed by atoms with Crippen LogP contribution in [0.1, 0.15) is 57.1 Å². The lowest BCUT2D eigenvalue weighted by Crippen LogP contribution is -2.40. The summed E-state index contributed by atoms with van der Waals surface area (Å²) in [5, 5.41) is 0. The minimum Gasteiger partial charge on any atom is -0.327 e. The van der Waals surface area contributed by atoms with Gasteiger partial charge >= 0.3 is 0 Å². The molecule has 1 saturated carbocycles. The highest BCUT2D eigenvalue weighted by atomic mass is 19.3. The van der Waals surface area contributed by atoms with Gasteiger partial charge in [0.1, 0.15) is 0 Å². The Labute approximate surface area is 114 Å². The number of hydrogen-bond donors (Lipinski definition) is 1. The molecule has 0 saturated heterocycles. The quantitative estimate of drug-likeness (QED) is 0.810. The molecule has 2 N–H and O–H groups in total. The zero-order valence-electron chi connectivity index (χ0n) is 11.9. The first-order valence-corrected chi connectivity index (χ1v) is 6.93. The molecule has 0 radical (unpaired) electrons. The van der Waals surface area contributed by atoms with Crippen molar-refractivity contribution in [3.63, 3.8) is 0 Å². The second-order valence-corrected chi connectivity index (χ2v) is 6.74. The standard InChI is InChI=1S/C16H23F2N/c1-15(2,3)12-6-4-5-11(9-12)13-7-8-16(17,18)10-14(13)19/h4-6,9,13-14H,7-8,10,19H2,1-3H3. The molecule has 19 heavy (non-hydrogen) atoms. The maximum atomic E-state index is 13.3. The van der Waals surface area contributed by atoms with E-state index >= 15 is 0 Å². The van der Waals surface area contributed by atoms with E-state index in [1.807, 2.05) is 12.1 Å². The lowest BCUT2D eigenvalue weighted by molar-refractivity contribution is -0.0446. The normalized spacial score (nSPS) is 27.3. The maximum absolute atomic E-state index is 13.3. The third kappa shape index (κ3) is 3.33. The lowest BCUT2D eigenvalue weighted by Gasteiger charge is -2.34. The smallest absolute Gasteiger partial charge is 0.249 e. The van der Waals surface area contributed by atoms with E-state index in [2.05, 4.69) is 32.9 Å². The van der Waals surface area contributed by atoms with Crippen LogP contribution in [-0.4, -0.2) is 12.0 Å². The molecular formula is C16H23F2N. The topological polar surface area (TPSA) is 26.0 Å². The van der Waals surface area contributed by atoms with Crippen LogP contribution in [0.15, 0.2) is 24.3 Å². The first kappa shape index (κ1) is 14.4. The molecule has 0 heterocycles. The van der Waals surface area contributed by atoms with Crippen molar-refractivity contribution < 1.29 is 8.78 Å². The van der Waals surface area contributed by atoms with Gasteiger partial charge in [-0.3, -0.25) is 0 Å². The molecule has 1 aromatic rings. The third-order valence-electron chi connectivity index (χ3n) is 4.05. The molecule has 1 aromatic carbocycles. The highest BCUT2D eigenvalue weighted by molar-refractivity contribution is 5.32. The molecule has 1 aliphatic rings. The monoisotopic (exact) mass is 267 g/mol. The Morgan fingerprint density at radius 2 is 1.95 bits per heavy atom. The Bertz CT molecular complexity index is 448. The number of halogens is 2.